The molecule has 9 heteroatoms. The molecule has 4 rings (SSSR count). The van der Waals surface area contributed by atoms with Crippen LogP contribution in [0, 0.1) is 58.4 Å². The molecule has 2 aliphatic rings. The Kier molecular flexibility index (Phi) is 20.1. The monoisotopic (exact) mass is 686 g/mol. The van der Waals surface area contributed by atoms with Gasteiger partial charge >= 0.3 is 21.7 Å². The largest absolute Gasteiger partial charge is 4.00 e. The molecule has 0 heterocycles. The topological polar surface area (TPSA) is 40.6 Å². The molecule has 0 bridgehead atoms. The van der Waals surface area contributed by atoms with Gasteiger partial charge in [-0.2, -0.15) is 12.2 Å². The summed E-state index contributed by atoms with van der Waals surface area (Å²) >= 11 is 0. The van der Waals surface area contributed by atoms with Crippen LogP contribution in [-0.2, 0) is 31.3 Å². The van der Waals surface area contributed by atoms with Crippen LogP contribution in [0.3, 0.4) is 0 Å². The van der Waals surface area contributed by atoms with E-state index >= 15 is 0 Å². The van der Waals surface area contributed by atoms with Crippen molar-refractivity contribution >= 4 is 23.2 Å². The molecule has 0 radical (unpaired) electrons. The van der Waals surface area contributed by atoms with Gasteiger partial charge in [-0.15, -0.1) is 49.2 Å². The van der Waals surface area contributed by atoms with E-state index in [1.165, 1.54) is 21.9 Å². The molecule has 2 aromatic carbocycles. The Morgan fingerprint density at radius 3 is 1.19 bits per heavy atom. The van der Waals surface area contributed by atoms with Gasteiger partial charge < -0.3 is 9.80 Å². The third-order valence-corrected chi connectivity index (χ3v) is 7.48. The zero-order valence-corrected chi connectivity index (χ0v) is 30.3. The summed E-state index contributed by atoms with van der Waals surface area (Å²) in [5.41, 5.74) is -0.996. The standard InChI is InChI=1S/2C14H18F2NO.2C5H5.Ti/c2*1-5-14(3,4)13(18)17(6-2)12-8-7-10(15)9-11(12)16;2*1-2-4-5-3-1;/h2*7-8H,5-6H2,1-4H3;2*1-3H,4H2;/q4*-1;+4. The molecule has 0 N–H and O–H groups in total. The molecule has 0 spiro atoms. The molecule has 47 heavy (non-hydrogen) atoms. The van der Waals surface area contributed by atoms with Gasteiger partial charge in [0.05, 0.1) is 0 Å². The van der Waals surface area contributed by atoms with E-state index in [9.17, 15) is 27.2 Å². The fraction of sp³-hybridized carbons (Fsp3) is 0.421. The maximum atomic E-state index is 13.7. The van der Waals surface area contributed by atoms with E-state index in [1.807, 2.05) is 78.0 Å². The van der Waals surface area contributed by atoms with Crippen molar-refractivity contribution in [2.75, 3.05) is 22.9 Å². The maximum Gasteiger partial charge on any atom is 4.00 e. The first kappa shape index (κ1) is 43.8. The van der Waals surface area contributed by atoms with E-state index in [0.29, 0.717) is 25.9 Å². The summed E-state index contributed by atoms with van der Waals surface area (Å²) in [7, 11) is 0. The zero-order valence-electron chi connectivity index (χ0n) is 28.7. The Bertz CT molecular complexity index is 1270. The minimum absolute atomic E-state index is 0. The summed E-state index contributed by atoms with van der Waals surface area (Å²) in [6.45, 7) is 15.2. The molecule has 2 aliphatic carbocycles. The van der Waals surface area contributed by atoms with Crippen LogP contribution >= 0.6 is 0 Å². The van der Waals surface area contributed by atoms with Crippen molar-refractivity contribution in [3.63, 3.8) is 0 Å². The Morgan fingerprint density at radius 2 is 1.00 bits per heavy atom. The molecule has 0 saturated carbocycles. The zero-order chi connectivity index (χ0) is 34.9. The second kappa shape index (κ2) is 21.6. The second-order valence-corrected chi connectivity index (χ2v) is 11.6. The smallest absolute Gasteiger partial charge is 0.363 e. The molecule has 0 aliphatic heterocycles. The molecule has 0 fully saturated rings. The molecule has 0 atom stereocenters. The molecule has 0 saturated heterocycles. The number of nitrogens with zero attached hydrogens (tertiary/aromatic N) is 2. The number of halogens is 4. The molecule has 2 amide bonds. The fourth-order valence-electron chi connectivity index (χ4n) is 3.85. The number of hydrogen-bond donors (Lipinski definition) is 0. The first-order chi connectivity index (χ1) is 21.7. The molecule has 0 aromatic heterocycles. The Hall–Kier alpha value is -3.23. The predicted molar refractivity (Wildman–Crippen MR) is 178 cm³/mol. The third-order valence-electron chi connectivity index (χ3n) is 7.48. The number of anilines is 2. The normalized spacial score (nSPS) is 12.5. The van der Waals surface area contributed by atoms with Crippen LogP contribution in [0.1, 0.15) is 81.1 Å². The fourth-order valence-corrected chi connectivity index (χ4v) is 3.85. The minimum atomic E-state index is -0.836. The van der Waals surface area contributed by atoms with Gasteiger partial charge in [0.1, 0.15) is 0 Å². The molecular weight excluding hydrogens is 640 g/mol. The average Bonchev–Trinajstić information content (AvgIpc) is 3.80. The molecule has 0 unspecified atom stereocenters. The number of allylic oxidation sites excluding steroid dienone is 8. The van der Waals surface area contributed by atoms with E-state index in [-0.39, 0.29) is 44.9 Å². The van der Waals surface area contributed by atoms with E-state index in [1.54, 1.807) is 13.8 Å². The number of carbonyl (C=O) groups is 2. The van der Waals surface area contributed by atoms with Crippen LogP contribution in [0.4, 0.5) is 28.9 Å². The van der Waals surface area contributed by atoms with E-state index in [2.05, 4.69) is 24.3 Å². The van der Waals surface area contributed by atoms with Gasteiger partial charge in [0.25, 0.3) is 0 Å². The number of amides is 2. The van der Waals surface area contributed by atoms with Crippen LogP contribution < -0.4 is 9.80 Å². The van der Waals surface area contributed by atoms with Crippen molar-refractivity contribution in [3.8, 4) is 0 Å². The molecule has 252 valence electrons. The summed E-state index contributed by atoms with van der Waals surface area (Å²) in [5, 5.41) is 0. The van der Waals surface area contributed by atoms with Crippen LogP contribution in [0.25, 0.3) is 0 Å². The maximum absolute atomic E-state index is 13.7. The Labute approximate surface area is 294 Å². The number of hydrogen-bond acceptors (Lipinski definition) is 2. The summed E-state index contributed by atoms with van der Waals surface area (Å²) in [6, 6.07) is 8.65. The van der Waals surface area contributed by atoms with E-state index in [4.69, 9.17) is 0 Å². The van der Waals surface area contributed by atoms with Crippen LogP contribution in [0.5, 0.6) is 0 Å². The molecule has 4 nitrogen and oxygen atoms in total. The first-order valence-corrected chi connectivity index (χ1v) is 15.5. The van der Waals surface area contributed by atoms with Crippen molar-refractivity contribution < 1.29 is 48.9 Å². The predicted octanol–water partition coefficient (Wildman–Crippen LogP) is 9.72. The van der Waals surface area contributed by atoms with Crippen LogP contribution in [-0.4, -0.2) is 24.9 Å². The summed E-state index contributed by atoms with van der Waals surface area (Å²) < 4.78 is 52.9. The molecular formula is C38H46F4N2O2Ti. The number of carbonyl (C=O) groups excluding carboxylic acids is 2. The van der Waals surface area contributed by atoms with Crippen molar-refractivity contribution in [1.82, 2.24) is 0 Å². The second-order valence-electron chi connectivity index (χ2n) is 11.6. The van der Waals surface area contributed by atoms with E-state index < -0.39 is 34.1 Å². The van der Waals surface area contributed by atoms with Gasteiger partial charge in [0.15, 0.2) is 0 Å². The minimum Gasteiger partial charge on any atom is -0.363 e. The van der Waals surface area contributed by atoms with Crippen LogP contribution in [0.15, 0.2) is 60.7 Å². The summed E-state index contributed by atoms with van der Waals surface area (Å²) in [5.74, 6) is -3.56. The van der Waals surface area contributed by atoms with Gasteiger partial charge in [0.2, 0.25) is 11.8 Å². The van der Waals surface area contributed by atoms with Crippen molar-refractivity contribution in [3.05, 3.63) is 108 Å². The van der Waals surface area contributed by atoms with Gasteiger partial charge in [-0.05, 0) is 38.1 Å². The third kappa shape index (κ3) is 14.2. The Morgan fingerprint density at radius 1 is 0.660 bits per heavy atom. The molecule has 2 aromatic rings. The van der Waals surface area contributed by atoms with Gasteiger partial charge in [-0.1, -0.05) is 41.5 Å². The van der Waals surface area contributed by atoms with Crippen molar-refractivity contribution in [2.24, 2.45) is 10.8 Å². The summed E-state index contributed by atoms with van der Waals surface area (Å²) in [6.07, 6.45) is 21.3. The van der Waals surface area contributed by atoms with Gasteiger partial charge in [0, 0.05) is 47.2 Å². The van der Waals surface area contributed by atoms with Gasteiger partial charge in [-0.3, -0.25) is 21.7 Å². The van der Waals surface area contributed by atoms with Crippen molar-refractivity contribution in [1.29, 1.82) is 0 Å². The first-order valence-electron chi connectivity index (χ1n) is 15.5. The number of rotatable bonds is 8. The van der Waals surface area contributed by atoms with Crippen LogP contribution in [0.2, 0.25) is 0 Å². The summed E-state index contributed by atoms with van der Waals surface area (Å²) in [4.78, 5) is 27.3. The SMILES string of the molecule is CCN(C(=O)C(C)(C)CC)c1ccc(F)[c-]c1F.CCN(C(=O)C(C)(C)CC)c1ccc(F)[c-]c1F.[C-]1=CC=CC1.[C-]1=CC=CC1.[Ti+4]. The number of benzene rings is 2. The Balaban J connectivity index is 0.000000681. The van der Waals surface area contributed by atoms with Crippen molar-refractivity contribution in [2.45, 2.75) is 81.1 Å². The quantitative estimate of drug-likeness (QED) is 0.158. The van der Waals surface area contributed by atoms with Gasteiger partial charge in [-0.25, -0.2) is 41.9 Å². The average molecular weight is 687 g/mol. The van der Waals surface area contributed by atoms with E-state index in [0.717, 1.165) is 25.0 Å².